The van der Waals surface area contributed by atoms with Crippen LogP contribution < -0.4 is 0 Å². The van der Waals surface area contributed by atoms with Gasteiger partial charge < -0.3 is 5.11 Å². The highest BCUT2D eigenvalue weighted by molar-refractivity contribution is 5.37. The summed E-state index contributed by atoms with van der Waals surface area (Å²) in [4.78, 5) is 0. The van der Waals surface area contributed by atoms with E-state index < -0.39 is 6.10 Å². The van der Waals surface area contributed by atoms with Gasteiger partial charge in [-0.2, -0.15) is 0 Å². The first kappa shape index (κ1) is 14.8. The minimum Gasteiger partial charge on any atom is -0.384 e. The van der Waals surface area contributed by atoms with Gasteiger partial charge in [-0.05, 0) is 34.1 Å². The molecule has 0 aliphatic heterocycles. The quantitative estimate of drug-likeness (QED) is 0.860. The predicted molar refractivity (Wildman–Crippen MR) is 85.0 cm³/mol. The van der Waals surface area contributed by atoms with E-state index in [4.69, 9.17) is 0 Å². The van der Waals surface area contributed by atoms with Crippen LogP contribution >= 0.6 is 0 Å². The molecule has 1 N–H and O–H groups in total. The summed E-state index contributed by atoms with van der Waals surface area (Å²) in [5.41, 5.74) is 4.61. The molecule has 106 valence electrons. The third kappa shape index (κ3) is 3.10. The van der Waals surface area contributed by atoms with Gasteiger partial charge in [0.2, 0.25) is 0 Å². The molecule has 2 aromatic rings. The van der Waals surface area contributed by atoms with E-state index in [1.54, 1.807) is 0 Å². The Hall–Kier alpha value is -1.60. The van der Waals surface area contributed by atoms with E-state index in [9.17, 15) is 5.11 Å². The standard InChI is InChI=1S/C19H24O/c1-5-14-8-6-7-9-17(14)18(20)15-10-12-16(13-11-15)19(2,3)4/h6-13,18,20H,5H2,1-4H3. The summed E-state index contributed by atoms with van der Waals surface area (Å²) < 4.78 is 0. The van der Waals surface area contributed by atoms with Crippen LogP contribution in [-0.2, 0) is 11.8 Å². The second-order valence-corrected chi connectivity index (χ2v) is 6.33. The van der Waals surface area contributed by atoms with Gasteiger partial charge in [-0.1, -0.05) is 76.2 Å². The van der Waals surface area contributed by atoms with Crippen LogP contribution in [0.25, 0.3) is 0 Å². The van der Waals surface area contributed by atoms with Gasteiger partial charge >= 0.3 is 0 Å². The summed E-state index contributed by atoms with van der Waals surface area (Å²) in [6.45, 7) is 8.72. The third-order valence-corrected chi connectivity index (χ3v) is 3.82. The van der Waals surface area contributed by atoms with Crippen LogP contribution in [0.4, 0.5) is 0 Å². The van der Waals surface area contributed by atoms with Gasteiger partial charge in [-0.25, -0.2) is 0 Å². The van der Waals surface area contributed by atoms with Crippen LogP contribution in [0.3, 0.4) is 0 Å². The summed E-state index contributed by atoms with van der Waals surface area (Å²) in [7, 11) is 0. The average molecular weight is 268 g/mol. The summed E-state index contributed by atoms with van der Waals surface area (Å²) in [5, 5.41) is 10.6. The molecule has 0 amide bonds. The van der Waals surface area contributed by atoms with Gasteiger partial charge in [0.05, 0.1) is 0 Å². The summed E-state index contributed by atoms with van der Waals surface area (Å²) in [6, 6.07) is 16.4. The Kier molecular flexibility index (Phi) is 4.29. The van der Waals surface area contributed by atoms with Crippen molar-refractivity contribution >= 4 is 0 Å². The molecule has 1 heteroatoms. The van der Waals surface area contributed by atoms with E-state index >= 15 is 0 Å². The van der Waals surface area contributed by atoms with Crippen molar-refractivity contribution in [2.45, 2.75) is 45.6 Å². The van der Waals surface area contributed by atoms with Crippen LogP contribution in [-0.4, -0.2) is 5.11 Å². The molecule has 20 heavy (non-hydrogen) atoms. The lowest BCUT2D eigenvalue weighted by atomic mass is 9.86. The van der Waals surface area contributed by atoms with E-state index in [1.807, 2.05) is 30.3 Å². The molecule has 0 bridgehead atoms. The van der Waals surface area contributed by atoms with Crippen LogP contribution in [0.1, 0.15) is 56.1 Å². The molecule has 0 saturated carbocycles. The fourth-order valence-electron chi connectivity index (χ4n) is 2.47. The Balaban J connectivity index is 2.32. The van der Waals surface area contributed by atoms with Crippen LogP contribution in [0.2, 0.25) is 0 Å². The second-order valence-electron chi connectivity index (χ2n) is 6.33. The van der Waals surface area contributed by atoms with E-state index in [-0.39, 0.29) is 5.41 Å². The van der Waals surface area contributed by atoms with E-state index in [0.29, 0.717) is 0 Å². The highest BCUT2D eigenvalue weighted by atomic mass is 16.3. The maximum atomic E-state index is 10.6. The predicted octanol–water partition coefficient (Wildman–Crippen LogP) is 4.63. The topological polar surface area (TPSA) is 20.2 Å². The molecule has 0 aliphatic carbocycles. The molecule has 0 aromatic heterocycles. The summed E-state index contributed by atoms with van der Waals surface area (Å²) in [6.07, 6.45) is 0.396. The molecule has 0 radical (unpaired) electrons. The molecular formula is C19H24O. The first-order valence-electron chi connectivity index (χ1n) is 7.29. The van der Waals surface area contributed by atoms with Crippen molar-refractivity contribution in [1.29, 1.82) is 0 Å². The first-order chi connectivity index (χ1) is 9.43. The van der Waals surface area contributed by atoms with Gasteiger partial charge in [-0.3, -0.25) is 0 Å². The lowest BCUT2D eigenvalue weighted by Gasteiger charge is -2.20. The average Bonchev–Trinajstić information content (AvgIpc) is 2.45. The van der Waals surface area contributed by atoms with Crippen LogP contribution in [0.15, 0.2) is 48.5 Å². The van der Waals surface area contributed by atoms with E-state index in [0.717, 1.165) is 17.5 Å². The fraction of sp³-hybridized carbons (Fsp3) is 0.368. The number of aryl methyl sites for hydroxylation is 1. The molecule has 0 heterocycles. The highest BCUT2D eigenvalue weighted by Gasteiger charge is 2.16. The Bertz CT molecular complexity index is 561. The van der Waals surface area contributed by atoms with Crippen molar-refractivity contribution in [3.8, 4) is 0 Å². The molecule has 1 atom stereocenters. The number of rotatable bonds is 3. The SMILES string of the molecule is CCc1ccccc1C(O)c1ccc(C(C)(C)C)cc1. The Morgan fingerprint density at radius 2 is 1.55 bits per heavy atom. The van der Waals surface area contributed by atoms with E-state index in [1.165, 1.54) is 11.1 Å². The lowest BCUT2D eigenvalue weighted by molar-refractivity contribution is 0.219. The first-order valence-corrected chi connectivity index (χ1v) is 7.29. The Morgan fingerprint density at radius 3 is 2.10 bits per heavy atom. The molecule has 1 nitrogen and oxygen atoms in total. The van der Waals surface area contributed by atoms with Gasteiger partial charge in [0.15, 0.2) is 0 Å². The molecule has 0 aliphatic rings. The normalized spacial score (nSPS) is 13.2. The zero-order valence-electron chi connectivity index (χ0n) is 12.9. The number of benzene rings is 2. The van der Waals surface area contributed by atoms with Crippen molar-refractivity contribution in [1.82, 2.24) is 0 Å². The maximum absolute atomic E-state index is 10.6. The largest absolute Gasteiger partial charge is 0.384 e. The lowest BCUT2D eigenvalue weighted by Crippen LogP contribution is -2.11. The smallest absolute Gasteiger partial charge is 0.104 e. The third-order valence-electron chi connectivity index (χ3n) is 3.82. The monoisotopic (exact) mass is 268 g/mol. The van der Waals surface area contributed by atoms with Crippen LogP contribution in [0.5, 0.6) is 0 Å². The van der Waals surface area contributed by atoms with Gasteiger partial charge in [0.25, 0.3) is 0 Å². The molecule has 1 unspecified atom stereocenters. The Morgan fingerprint density at radius 1 is 0.950 bits per heavy atom. The minimum atomic E-state index is -0.542. The number of aliphatic hydroxyl groups excluding tert-OH is 1. The number of hydrogen-bond acceptors (Lipinski definition) is 1. The highest BCUT2D eigenvalue weighted by Crippen LogP contribution is 2.28. The zero-order chi connectivity index (χ0) is 14.8. The molecule has 2 rings (SSSR count). The zero-order valence-corrected chi connectivity index (χ0v) is 12.9. The minimum absolute atomic E-state index is 0.144. The molecule has 2 aromatic carbocycles. The van der Waals surface area contributed by atoms with Gasteiger partial charge in [0, 0.05) is 0 Å². The maximum Gasteiger partial charge on any atom is 0.104 e. The van der Waals surface area contributed by atoms with Crippen molar-refractivity contribution in [2.75, 3.05) is 0 Å². The van der Waals surface area contributed by atoms with Crippen molar-refractivity contribution < 1.29 is 5.11 Å². The Labute approximate surface area is 122 Å². The van der Waals surface area contributed by atoms with E-state index in [2.05, 4.69) is 45.9 Å². The second kappa shape index (κ2) is 5.80. The summed E-state index contributed by atoms with van der Waals surface area (Å²) in [5.74, 6) is 0. The van der Waals surface area contributed by atoms with Crippen molar-refractivity contribution in [3.05, 3.63) is 70.8 Å². The van der Waals surface area contributed by atoms with Crippen LogP contribution in [0, 0.1) is 0 Å². The van der Waals surface area contributed by atoms with Crippen molar-refractivity contribution in [2.24, 2.45) is 0 Å². The number of hydrogen-bond donors (Lipinski definition) is 1. The molecule has 0 spiro atoms. The summed E-state index contributed by atoms with van der Waals surface area (Å²) >= 11 is 0. The molecule has 0 saturated heterocycles. The molecule has 0 fully saturated rings. The number of aliphatic hydroxyl groups is 1. The van der Waals surface area contributed by atoms with Crippen molar-refractivity contribution in [3.63, 3.8) is 0 Å². The fourth-order valence-corrected chi connectivity index (χ4v) is 2.47. The van der Waals surface area contributed by atoms with Gasteiger partial charge in [-0.15, -0.1) is 0 Å². The molecular weight excluding hydrogens is 244 g/mol. The van der Waals surface area contributed by atoms with Gasteiger partial charge in [0.1, 0.15) is 6.10 Å².